The van der Waals surface area contributed by atoms with Crippen molar-refractivity contribution in [3.63, 3.8) is 0 Å². The number of aromatic nitrogens is 1. The Labute approximate surface area is 144 Å². The van der Waals surface area contributed by atoms with Gasteiger partial charge in [0.25, 0.3) is 0 Å². The molecule has 0 unspecified atom stereocenters. The van der Waals surface area contributed by atoms with Gasteiger partial charge in [-0.15, -0.1) is 0 Å². The molecule has 1 aromatic heterocycles. The van der Waals surface area contributed by atoms with Crippen molar-refractivity contribution in [2.45, 2.75) is 19.4 Å². The maximum absolute atomic E-state index is 11.7. The van der Waals surface area contributed by atoms with Crippen molar-refractivity contribution in [1.82, 2.24) is 9.88 Å². The highest BCUT2D eigenvalue weighted by molar-refractivity contribution is 9.10. The lowest BCUT2D eigenvalue weighted by atomic mass is 10.2. The SMILES string of the molecule is O=C(C=Cc1ccccc1Br)NCCCCn1ccccc1=O. The van der Waals surface area contributed by atoms with Crippen LogP contribution in [0.4, 0.5) is 0 Å². The summed E-state index contributed by atoms with van der Waals surface area (Å²) in [6.45, 7) is 1.27. The molecule has 1 amide bonds. The fourth-order valence-electron chi connectivity index (χ4n) is 2.10. The number of carbonyl (C=O) groups excluding carboxylic acids is 1. The molecule has 2 aromatic rings. The number of pyridine rings is 1. The van der Waals surface area contributed by atoms with Crippen LogP contribution in [0.25, 0.3) is 6.08 Å². The Balaban J connectivity index is 1.68. The molecule has 0 saturated carbocycles. The average molecular weight is 375 g/mol. The first-order chi connectivity index (χ1) is 11.2. The fraction of sp³-hybridized carbons (Fsp3) is 0.222. The van der Waals surface area contributed by atoms with Gasteiger partial charge in [-0.25, -0.2) is 0 Å². The lowest BCUT2D eigenvalue weighted by molar-refractivity contribution is -0.116. The van der Waals surface area contributed by atoms with Gasteiger partial charge < -0.3 is 9.88 Å². The molecule has 0 aliphatic heterocycles. The van der Waals surface area contributed by atoms with Gasteiger partial charge in [0.05, 0.1) is 0 Å². The van der Waals surface area contributed by atoms with E-state index in [0.717, 1.165) is 22.9 Å². The summed E-state index contributed by atoms with van der Waals surface area (Å²) in [4.78, 5) is 23.3. The van der Waals surface area contributed by atoms with E-state index >= 15 is 0 Å². The van der Waals surface area contributed by atoms with Crippen LogP contribution in [0.15, 0.2) is 64.0 Å². The minimum absolute atomic E-state index is 0.00732. The van der Waals surface area contributed by atoms with Crippen molar-refractivity contribution in [3.8, 4) is 0 Å². The zero-order valence-electron chi connectivity index (χ0n) is 12.7. The van der Waals surface area contributed by atoms with Crippen molar-refractivity contribution < 1.29 is 4.79 Å². The van der Waals surface area contributed by atoms with E-state index < -0.39 is 0 Å². The van der Waals surface area contributed by atoms with Crippen molar-refractivity contribution >= 4 is 27.9 Å². The van der Waals surface area contributed by atoms with Crippen LogP contribution in [0.1, 0.15) is 18.4 Å². The van der Waals surface area contributed by atoms with E-state index in [2.05, 4.69) is 21.2 Å². The Morgan fingerprint density at radius 3 is 2.70 bits per heavy atom. The highest BCUT2D eigenvalue weighted by atomic mass is 79.9. The van der Waals surface area contributed by atoms with Crippen LogP contribution in [0.5, 0.6) is 0 Å². The predicted molar refractivity (Wildman–Crippen MR) is 96.1 cm³/mol. The molecule has 0 fully saturated rings. The third-order valence-corrected chi connectivity index (χ3v) is 4.07. The molecule has 0 spiro atoms. The zero-order chi connectivity index (χ0) is 16.5. The molecule has 0 radical (unpaired) electrons. The van der Waals surface area contributed by atoms with Crippen molar-refractivity contribution in [2.75, 3.05) is 6.54 Å². The van der Waals surface area contributed by atoms with Crippen LogP contribution in [0.3, 0.4) is 0 Å². The van der Waals surface area contributed by atoms with Gasteiger partial charge in [-0.05, 0) is 36.6 Å². The summed E-state index contributed by atoms with van der Waals surface area (Å²) in [6, 6.07) is 12.8. The minimum atomic E-state index is -0.113. The summed E-state index contributed by atoms with van der Waals surface area (Å²) in [5.74, 6) is -0.113. The molecular weight excluding hydrogens is 356 g/mol. The molecule has 1 N–H and O–H groups in total. The Hall–Kier alpha value is -2.14. The monoisotopic (exact) mass is 374 g/mol. The van der Waals surface area contributed by atoms with Crippen LogP contribution in [0, 0.1) is 0 Å². The number of halogens is 1. The molecule has 23 heavy (non-hydrogen) atoms. The molecule has 0 aliphatic carbocycles. The van der Waals surface area contributed by atoms with Gasteiger partial charge in [0.1, 0.15) is 0 Å². The Bertz CT molecular complexity index is 738. The number of carbonyl (C=O) groups is 1. The van der Waals surface area contributed by atoms with Crippen molar-refractivity contribution in [2.24, 2.45) is 0 Å². The van der Waals surface area contributed by atoms with Crippen molar-refractivity contribution in [1.29, 1.82) is 0 Å². The number of hydrogen-bond acceptors (Lipinski definition) is 2. The Morgan fingerprint density at radius 2 is 1.91 bits per heavy atom. The summed E-state index contributed by atoms with van der Waals surface area (Å²) in [5.41, 5.74) is 0.971. The number of nitrogens with zero attached hydrogens (tertiary/aromatic N) is 1. The number of nitrogens with one attached hydrogen (secondary N) is 1. The second-order valence-corrected chi connectivity index (χ2v) is 5.94. The van der Waals surface area contributed by atoms with Crippen molar-refractivity contribution in [3.05, 3.63) is 75.1 Å². The first kappa shape index (κ1) is 17.2. The predicted octanol–water partition coefficient (Wildman–Crippen LogP) is 3.22. The van der Waals surface area contributed by atoms with E-state index in [1.165, 1.54) is 6.08 Å². The van der Waals surface area contributed by atoms with E-state index in [9.17, 15) is 9.59 Å². The van der Waals surface area contributed by atoms with Crippen LogP contribution in [0.2, 0.25) is 0 Å². The normalized spacial score (nSPS) is 10.8. The van der Waals surface area contributed by atoms with Crippen LogP contribution in [-0.4, -0.2) is 17.0 Å². The first-order valence-corrected chi connectivity index (χ1v) is 8.32. The topological polar surface area (TPSA) is 51.1 Å². The van der Waals surface area contributed by atoms with Gasteiger partial charge in [-0.2, -0.15) is 0 Å². The molecule has 1 aromatic carbocycles. The minimum Gasteiger partial charge on any atom is -0.353 e. The highest BCUT2D eigenvalue weighted by Crippen LogP contribution is 2.16. The van der Waals surface area contributed by atoms with E-state index in [0.29, 0.717) is 13.1 Å². The molecule has 5 heteroatoms. The smallest absolute Gasteiger partial charge is 0.250 e. The second kappa shape index (κ2) is 9.10. The van der Waals surface area contributed by atoms with E-state index in [-0.39, 0.29) is 11.5 Å². The quantitative estimate of drug-likeness (QED) is 0.597. The third kappa shape index (κ3) is 5.87. The highest BCUT2D eigenvalue weighted by Gasteiger charge is 1.98. The summed E-state index contributed by atoms with van der Waals surface area (Å²) in [7, 11) is 0. The van der Waals surface area contributed by atoms with E-state index in [1.807, 2.05) is 30.3 Å². The van der Waals surface area contributed by atoms with Gasteiger partial charge in [0.2, 0.25) is 11.5 Å². The standard InChI is InChI=1S/C18H19BrN2O2/c19-16-8-2-1-7-15(16)10-11-17(22)20-12-4-6-14-21-13-5-3-9-18(21)23/h1-3,5,7-11,13H,4,6,12,14H2,(H,20,22). The summed E-state index contributed by atoms with van der Waals surface area (Å²) >= 11 is 3.44. The summed E-state index contributed by atoms with van der Waals surface area (Å²) in [6.07, 6.45) is 6.76. The Kier molecular flexibility index (Phi) is 6.81. The first-order valence-electron chi connectivity index (χ1n) is 7.53. The molecule has 4 nitrogen and oxygen atoms in total. The van der Waals surface area contributed by atoms with Gasteiger partial charge in [-0.3, -0.25) is 9.59 Å². The lowest BCUT2D eigenvalue weighted by Gasteiger charge is -2.05. The Morgan fingerprint density at radius 1 is 1.13 bits per heavy atom. The molecule has 0 saturated heterocycles. The average Bonchev–Trinajstić information content (AvgIpc) is 2.55. The molecule has 120 valence electrons. The molecule has 2 rings (SSSR count). The molecule has 1 heterocycles. The second-order valence-electron chi connectivity index (χ2n) is 5.09. The zero-order valence-corrected chi connectivity index (χ0v) is 14.3. The van der Waals surface area contributed by atoms with Crippen LogP contribution in [-0.2, 0) is 11.3 Å². The third-order valence-electron chi connectivity index (χ3n) is 3.34. The lowest BCUT2D eigenvalue weighted by Crippen LogP contribution is -2.23. The number of hydrogen-bond donors (Lipinski definition) is 1. The largest absolute Gasteiger partial charge is 0.353 e. The number of unbranched alkanes of at least 4 members (excludes halogenated alkanes) is 1. The number of benzene rings is 1. The van der Waals surface area contributed by atoms with E-state index in [4.69, 9.17) is 0 Å². The maximum atomic E-state index is 11.7. The van der Waals surface area contributed by atoms with Gasteiger partial charge in [0.15, 0.2) is 0 Å². The molecule has 0 atom stereocenters. The van der Waals surface area contributed by atoms with E-state index in [1.54, 1.807) is 29.0 Å². The molecule has 0 bridgehead atoms. The van der Waals surface area contributed by atoms with Gasteiger partial charge >= 0.3 is 0 Å². The number of rotatable bonds is 7. The fourth-order valence-corrected chi connectivity index (χ4v) is 2.52. The maximum Gasteiger partial charge on any atom is 0.250 e. The summed E-state index contributed by atoms with van der Waals surface area (Å²) < 4.78 is 2.63. The summed E-state index contributed by atoms with van der Waals surface area (Å²) in [5, 5.41) is 2.84. The van der Waals surface area contributed by atoms with Crippen LogP contribution < -0.4 is 10.9 Å². The number of amides is 1. The van der Waals surface area contributed by atoms with Gasteiger partial charge in [0, 0.05) is 35.9 Å². The molecular formula is C18H19BrN2O2. The number of aryl methyl sites for hydroxylation is 1. The van der Waals surface area contributed by atoms with Gasteiger partial charge in [-0.1, -0.05) is 40.2 Å². The van der Waals surface area contributed by atoms with Crippen LogP contribution >= 0.6 is 15.9 Å². The molecule has 0 aliphatic rings.